The predicted molar refractivity (Wildman–Crippen MR) is 93.4 cm³/mol. The van der Waals surface area contributed by atoms with Crippen LogP contribution in [0.4, 0.5) is 0 Å². The van der Waals surface area contributed by atoms with Gasteiger partial charge in [-0.05, 0) is 19.1 Å². The van der Waals surface area contributed by atoms with Gasteiger partial charge in [0.15, 0.2) is 0 Å². The van der Waals surface area contributed by atoms with Crippen molar-refractivity contribution < 1.29 is 8.42 Å². The van der Waals surface area contributed by atoms with Crippen LogP contribution in [0.15, 0.2) is 35.4 Å². The lowest BCUT2D eigenvalue weighted by Gasteiger charge is -2.33. The molecule has 0 bridgehead atoms. The number of rotatable bonds is 4. The molecule has 1 aromatic carbocycles. The summed E-state index contributed by atoms with van der Waals surface area (Å²) in [5.41, 5.74) is 1.05. The summed E-state index contributed by atoms with van der Waals surface area (Å²) in [7, 11) is -1.54. The highest BCUT2D eigenvalue weighted by Crippen LogP contribution is 2.19. The first-order valence-corrected chi connectivity index (χ1v) is 9.65. The Hall–Kier alpha value is -1.41. The molecular weight excluding hydrogens is 348 g/mol. The molecule has 24 heavy (non-hydrogen) atoms. The summed E-state index contributed by atoms with van der Waals surface area (Å²) in [4.78, 5) is 6.84. The predicted octanol–water partition coefficient (Wildman–Crippen LogP) is 1.89. The van der Waals surface area contributed by atoms with Crippen LogP contribution in [-0.2, 0) is 23.6 Å². The van der Waals surface area contributed by atoms with Crippen LogP contribution in [0.25, 0.3) is 0 Å². The fraction of sp³-hybridized carbons (Fsp3) is 0.438. The molecular formula is C16H21ClN4O2S. The van der Waals surface area contributed by atoms with Crippen molar-refractivity contribution in [1.82, 2.24) is 18.8 Å². The summed E-state index contributed by atoms with van der Waals surface area (Å²) >= 11 is 6.00. The Morgan fingerprint density at radius 3 is 2.29 bits per heavy atom. The average molecular weight is 369 g/mol. The summed E-state index contributed by atoms with van der Waals surface area (Å²) in [6, 6.07) is 7.00. The van der Waals surface area contributed by atoms with Crippen molar-refractivity contribution in [2.45, 2.75) is 18.4 Å². The fourth-order valence-corrected chi connectivity index (χ4v) is 4.33. The SMILES string of the molecule is Cc1ccc(S(=O)(=O)N2CCN(Cc3ncc(Cl)n3C)CC2)cc1. The van der Waals surface area contributed by atoms with Crippen molar-refractivity contribution in [1.29, 1.82) is 0 Å². The third kappa shape index (κ3) is 3.49. The van der Waals surface area contributed by atoms with Gasteiger partial charge >= 0.3 is 0 Å². The van der Waals surface area contributed by atoms with Crippen molar-refractivity contribution in [2.75, 3.05) is 26.2 Å². The van der Waals surface area contributed by atoms with Crippen molar-refractivity contribution in [3.8, 4) is 0 Å². The zero-order chi connectivity index (χ0) is 17.3. The first-order chi connectivity index (χ1) is 11.4. The Bertz CT molecular complexity index is 809. The molecule has 6 nitrogen and oxygen atoms in total. The van der Waals surface area contributed by atoms with Gasteiger partial charge in [0.25, 0.3) is 0 Å². The summed E-state index contributed by atoms with van der Waals surface area (Å²) < 4.78 is 28.8. The minimum atomic E-state index is -3.41. The molecule has 0 spiro atoms. The van der Waals surface area contributed by atoms with E-state index in [9.17, 15) is 8.42 Å². The molecule has 1 aliphatic rings. The molecule has 0 amide bonds. The van der Waals surface area contributed by atoms with Crippen LogP contribution in [0.2, 0.25) is 5.15 Å². The second kappa shape index (κ2) is 6.84. The molecule has 1 saturated heterocycles. The van der Waals surface area contributed by atoms with Crippen LogP contribution >= 0.6 is 11.6 Å². The summed E-state index contributed by atoms with van der Waals surface area (Å²) in [6.07, 6.45) is 1.63. The topological polar surface area (TPSA) is 58.4 Å². The molecule has 0 N–H and O–H groups in total. The summed E-state index contributed by atoms with van der Waals surface area (Å²) in [5.74, 6) is 0.884. The molecule has 1 aliphatic heterocycles. The minimum absolute atomic E-state index is 0.359. The largest absolute Gasteiger partial charge is 0.321 e. The smallest absolute Gasteiger partial charge is 0.243 e. The lowest BCUT2D eigenvalue weighted by molar-refractivity contribution is 0.177. The van der Waals surface area contributed by atoms with Gasteiger partial charge in [0.1, 0.15) is 11.0 Å². The number of hydrogen-bond acceptors (Lipinski definition) is 4. The van der Waals surface area contributed by atoms with Gasteiger partial charge < -0.3 is 4.57 Å². The molecule has 0 saturated carbocycles. The van der Waals surface area contributed by atoms with Crippen LogP contribution in [0.5, 0.6) is 0 Å². The van der Waals surface area contributed by atoms with Gasteiger partial charge in [-0.2, -0.15) is 4.31 Å². The Labute approximate surface area is 147 Å². The van der Waals surface area contributed by atoms with Gasteiger partial charge in [-0.3, -0.25) is 4.90 Å². The van der Waals surface area contributed by atoms with E-state index in [2.05, 4.69) is 9.88 Å². The standard InChI is InChI=1S/C16H21ClN4O2S/c1-13-3-5-14(6-4-13)24(22,23)21-9-7-20(8-10-21)12-16-18-11-15(17)19(16)2/h3-6,11H,7-10,12H2,1-2H3. The molecule has 0 aliphatic carbocycles. The van der Waals surface area contributed by atoms with E-state index in [-0.39, 0.29) is 0 Å². The highest BCUT2D eigenvalue weighted by molar-refractivity contribution is 7.89. The number of aryl methyl sites for hydroxylation is 1. The van der Waals surface area contributed by atoms with Crippen molar-refractivity contribution in [3.05, 3.63) is 47.0 Å². The monoisotopic (exact) mass is 368 g/mol. The third-order valence-corrected chi connectivity index (χ3v) is 6.65. The van der Waals surface area contributed by atoms with Crippen LogP contribution in [-0.4, -0.2) is 53.4 Å². The first-order valence-electron chi connectivity index (χ1n) is 7.83. The highest BCUT2D eigenvalue weighted by atomic mass is 35.5. The van der Waals surface area contributed by atoms with Crippen LogP contribution in [0.3, 0.4) is 0 Å². The Kier molecular flexibility index (Phi) is 4.96. The lowest BCUT2D eigenvalue weighted by Crippen LogP contribution is -2.48. The van der Waals surface area contributed by atoms with E-state index in [1.54, 1.807) is 22.6 Å². The van der Waals surface area contributed by atoms with Crippen LogP contribution < -0.4 is 0 Å². The van der Waals surface area contributed by atoms with Gasteiger partial charge in [0.2, 0.25) is 10.0 Å². The molecule has 2 aromatic rings. The second-order valence-electron chi connectivity index (χ2n) is 6.05. The van der Waals surface area contributed by atoms with Gasteiger partial charge in [-0.1, -0.05) is 29.3 Å². The van der Waals surface area contributed by atoms with Crippen molar-refractivity contribution in [2.24, 2.45) is 7.05 Å². The van der Waals surface area contributed by atoms with Crippen molar-refractivity contribution >= 4 is 21.6 Å². The summed E-state index contributed by atoms with van der Waals surface area (Å²) in [5, 5.41) is 0.602. The molecule has 1 aromatic heterocycles. The maximum atomic E-state index is 12.7. The molecule has 3 rings (SSSR count). The molecule has 1 fully saturated rings. The Morgan fingerprint density at radius 1 is 1.12 bits per heavy atom. The lowest BCUT2D eigenvalue weighted by atomic mass is 10.2. The minimum Gasteiger partial charge on any atom is -0.321 e. The Balaban J connectivity index is 1.64. The van der Waals surface area contributed by atoms with Gasteiger partial charge in [-0.15, -0.1) is 0 Å². The number of hydrogen-bond donors (Lipinski definition) is 0. The average Bonchev–Trinajstić information content (AvgIpc) is 2.88. The highest BCUT2D eigenvalue weighted by Gasteiger charge is 2.28. The first kappa shape index (κ1) is 17.4. The van der Waals surface area contributed by atoms with E-state index in [0.717, 1.165) is 11.4 Å². The normalized spacial score (nSPS) is 17.3. The maximum absolute atomic E-state index is 12.7. The number of sulfonamides is 1. The maximum Gasteiger partial charge on any atom is 0.243 e. The quantitative estimate of drug-likeness (QED) is 0.826. The zero-order valence-electron chi connectivity index (χ0n) is 13.8. The molecule has 0 atom stereocenters. The van der Waals surface area contributed by atoms with Gasteiger partial charge in [0.05, 0.1) is 17.6 Å². The van der Waals surface area contributed by atoms with Crippen LogP contribution in [0, 0.1) is 6.92 Å². The number of benzene rings is 1. The van der Waals surface area contributed by atoms with Crippen molar-refractivity contribution in [3.63, 3.8) is 0 Å². The van der Waals surface area contributed by atoms with Crippen LogP contribution in [0.1, 0.15) is 11.4 Å². The van der Waals surface area contributed by atoms with E-state index in [1.807, 2.05) is 30.7 Å². The summed E-state index contributed by atoms with van der Waals surface area (Å²) in [6.45, 7) is 4.93. The number of halogens is 1. The van der Waals surface area contributed by atoms with E-state index in [4.69, 9.17) is 11.6 Å². The van der Waals surface area contributed by atoms with Gasteiger partial charge in [-0.25, -0.2) is 13.4 Å². The zero-order valence-corrected chi connectivity index (χ0v) is 15.4. The molecule has 130 valence electrons. The number of piperazine rings is 1. The molecule has 8 heteroatoms. The van der Waals surface area contributed by atoms with Gasteiger partial charge in [0, 0.05) is 33.2 Å². The Morgan fingerprint density at radius 2 is 1.75 bits per heavy atom. The third-order valence-electron chi connectivity index (χ3n) is 4.38. The fourth-order valence-electron chi connectivity index (χ4n) is 2.76. The second-order valence-corrected chi connectivity index (χ2v) is 8.37. The number of aromatic nitrogens is 2. The van der Waals surface area contributed by atoms with E-state index < -0.39 is 10.0 Å². The number of imidazole rings is 1. The van der Waals surface area contributed by atoms with E-state index in [1.165, 1.54) is 0 Å². The molecule has 0 unspecified atom stereocenters. The van der Waals surface area contributed by atoms with E-state index in [0.29, 0.717) is 42.8 Å². The number of nitrogens with zero attached hydrogens (tertiary/aromatic N) is 4. The molecule has 2 heterocycles. The van der Waals surface area contributed by atoms with E-state index >= 15 is 0 Å². The molecule has 0 radical (unpaired) electrons.